The highest BCUT2D eigenvalue weighted by molar-refractivity contribution is 4.79. The lowest BCUT2D eigenvalue weighted by molar-refractivity contribution is 0.0526. The minimum atomic E-state index is 0.514. The molecule has 2 aliphatic heterocycles. The third kappa shape index (κ3) is 2.42. The van der Waals surface area contributed by atoms with Crippen LogP contribution in [0.15, 0.2) is 0 Å². The van der Waals surface area contributed by atoms with Gasteiger partial charge in [0, 0.05) is 38.8 Å². The summed E-state index contributed by atoms with van der Waals surface area (Å²) in [7, 11) is 0. The summed E-state index contributed by atoms with van der Waals surface area (Å²) in [5.41, 5.74) is 0. The minimum Gasteiger partial charge on any atom is -0.377 e. The van der Waals surface area contributed by atoms with Crippen LogP contribution in [0.25, 0.3) is 0 Å². The van der Waals surface area contributed by atoms with Crippen molar-refractivity contribution in [3.8, 4) is 0 Å². The first-order valence-electron chi connectivity index (χ1n) is 5.42. The Morgan fingerprint density at radius 1 is 1.54 bits per heavy atom. The Balaban J connectivity index is 1.78. The van der Waals surface area contributed by atoms with E-state index in [1.54, 1.807) is 0 Å². The first-order valence-corrected chi connectivity index (χ1v) is 5.42. The zero-order valence-electron chi connectivity index (χ0n) is 8.46. The van der Waals surface area contributed by atoms with Gasteiger partial charge in [0.05, 0.1) is 6.10 Å². The van der Waals surface area contributed by atoms with Crippen LogP contribution in [-0.2, 0) is 4.74 Å². The molecule has 0 saturated carbocycles. The van der Waals surface area contributed by atoms with Crippen molar-refractivity contribution in [2.75, 3.05) is 32.8 Å². The van der Waals surface area contributed by atoms with E-state index in [1.807, 2.05) is 0 Å². The van der Waals surface area contributed by atoms with Crippen LogP contribution in [-0.4, -0.2) is 49.8 Å². The summed E-state index contributed by atoms with van der Waals surface area (Å²) in [5, 5.41) is 3.41. The van der Waals surface area contributed by atoms with Crippen molar-refractivity contribution >= 4 is 0 Å². The molecule has 1 N–H and O–H groups in total. The van der Waals surface area contributed by atoms with Gasteiger partial charge in [0.1, 0.15) is 0 Å². The van der Waals surface area contributed by atoms with E-state index in [0.717, 1.165) is 26.2 Å². The zero-order valence-corrected chi connectivity index (χ0v) is 8.46. The quantitative estimate of drug-likeness (QED) is 0.675. The maximum Gasteiger partial charge on any atom is 0.0702 e. The van der Waals surface area contributed by atoms with Gasteiger partial charge in [0.2, 0.25) is 0 Å². The lowest BCUT2D eigenvalue weighted by Crippen LogP contribution is -2.51. The molecule has 0 aliphatic carbocycles. The minimum absolute atomic E-state index is 0.514. The molecule has 0 bridgehead atoms. The molecular formula is C10H20N2O. The Labute approximate surface area is 80.4 Å². The SMILES string of the molecule is CC1CNCCN1CC1CCCO1. The van der Waals surface area contributed by atoms with Gasteiger partial charge in [-0.25, -0.2) is 0 Å². The van der Waals surface area contributed by atoms with Crippen molar-refractivity contribution in [2.45, 2.75) is 31.9 Å². The van der Waals surface area contributed by atoms with Gasteiger partial charge in [-0.1, -0.05) is 0 Å². The number of rotatable bonds is 2. The molecule has 3 nitrogen and oxygen atoms in total. The van der Waals surface area contributed by atoms with Crippen LogP contribution in [0.3, 0.4) is 0 Å². The topological polar surface area (TPSA) is 24.5 Å². The molecule has 2 fully saturated rings. The molecule has 2 heterocycles. The molecule has 2 rings (SSSR count). The number of hydrogen-bond acceptors (Lipinski definition) is 3. The molecule has 2 aliphatic rings. The highest BCUT2D eigenvalue weighted by atomic mass is 16.5. The van der Waals surface area contributed by atoms with E-state index in [2.05, 4.69) is 17.1 Å². The number of ether oxygens (including phenoxy) is 1. The molecule has 0 spiro atoms. The van der Waals surface area contributed by atoms with Crippen molar-refractivity contribution in [2.24, 2.45) is 0 Å². The number of nitrogens with zero attached hydrogens (tertiary/aromatic N) is 1. The molecule has 13 heavy (non-hydrogen) atoms. The Bertz CT molecular complexity index is 157. The number of piperazine rings is 1. The summed E-state index contributed by atoms with van der Waals surface area (Å²) >= 11 is 0. The van der Waals surface area contributed by atoms with Crippen LogP contribution in [0.2, 0.25) is 0 Å². The second-order valence-corrected chi connectivity index (χ2v) is 4.18. The van der Waals surface area contributed by atoms with Gasteiger partial charge in [0.25, 0.3) is 0 Å². The Hall–Kier alpha value is -0.120. The predicted octanol–water partition coefficient (Wildman–Crippen LogP) is 0.459. The Morgan fingerprint density at radius 3 is 3.15 bits per heavy atom. The van der Waals surface area contributed by atoms with Crippen molar-refractivity contribution in [1.29, 1.82) is 0 Å². The molecule has 2 unspecified atom stereocenters. The molecule has 0 radical (unpaired) electrons. The average molecular weight is 184 g/mol. The van der Waals surface area contributed by atoms with Crippen LogP contribution < -0.4 is 5.32 Å². The normalized spacial score (nSPS) is 36.7. The fourth-order valence-corrected chi connectivity index (χ4v) is 2.20. The molecule has 3 heteroatoms. The molecule has 0 aromatic carbocycles. The average Bonchev–Trinajstić information content (AvgIpc) is 2.61. The third-order valence-electron chi connectivity index (χ3n) is 3.10. The Morgan fingerprint density at radius 2 is 2.46 bits per heavy atom. The summed E-state index contributed by atoms with van der Waals surface area (Å²) < 4.78 is 5.64. The van der Waals surface area contributed by atoms with Crippen LogP contribution in [0.5, 0.6) is 0 Å². The first-order chi connectivity index (χ1) is 6.36. The van der Waals surface area contributed by atoms with Crippen molar-refractivity contribution in [3.63, 3.8) is 0 Å². The summed E-state index contributed by atoms with van der Waals surface area (Å²) in [4.78, 5) is 2.55. The maximum absolute atomic E-state index is 5.64. The standard InChI is InChI=1S/C10H20N2O/c1-9-7-11-4-5-12(9)8-10-3-2-6-13-10/h9-11H,2-8H2,1H3. The van der Waals surface area contributed by atoms with E-state index in [-0.39, 0.29) is 0 Å². The zero-order chi connectivity index (χ0) is 9.10. The highest BCUT2D eigenvalue weighted by Crippen LogP contribution is 2.15. The number of hydrogen-bond donors (Lipinski definition) is 1. The summed E-state index contributed by atoms with van der Waals surface area (Å²) in [5.74, 6) is 0. The van der Waals surface area contributed by atoms with E-state index in [4.69, 9.17) is 4.74 Å². The lowest BCUT2D eigenvalue weighted by Gasteiger charge is -2.35. The third-order valence-corrected chi connectivity index (χ3v) is 3.10. The van der Waals surface area contributed by atoms with Crippen LogP contribution in [0.4, 0.5) is 0 Å². The number of nitrogens with one attached hydrogen (secondary N) is 1. The fourth-order valence-electron chi connectivity index (χ4n) is 2.20. The van der Waals surface area contributed by atoms with Crippen LogP contribution in [0.1, 0.15) is 19.8 Å². The van der Waals surface area contributed by atoms with Gasteiger partial charge in [0.15, 0.2) is 0 Å². The second kappa shape index (κ2) is 4.40. The molecule has 0 aromatic heterocycles. The van der Waals surface area contributed by atoms with Gasteiger partial charge >= 0.3 is 0 Å². The van der Waals surface area contributed by atoms with E-state index in [0.29, 0.717) is 12.1 Å². The summed E-state index contributed by atoms with van der Waals surface area (Å²) in [6.45, 7) is 7.86. The van der Waals surface area contributed by atoms with E-state index in [1.165, 1.54) is 19.4 Å². The maximum atomic E-state index is 5.64. The van der Waals surface area contributed by atoms with Crippen molar-refractivity contribution in [1.82, 2.24) is 10.2 Å². The molecule has 0 amide bonds. The first kappa shape index (κ1) is 9.44. The summed E-state index contributed by atoms with van der Waals surface area (Å²) in [6, 6.07) is 0.679. The molecule has 76 valence electrons. The van der Waals surface area contributed by atoms with Crippen LogP contribution in [0, 0.1) is 0 Å². The highest BCUT2D eigenvalue weighted by Gasteiger charge is 2.23. The van der Waals surface area contributed by atoms with Gasteiger partial charge in [-0.3, -0.25) is 4.90 Å². The van der Waals surface area contributed by atoms with Gasteiger partial charge < -0.3 is 10.1 Å². The van der Waals surface area contributed by atoms with E-state index >= 15 is 0 Å². The fraction of sp³-hybridized carbons (Fsp3) is 1.00. The molecule has 2 saturated heterocycles. The monoisotopic (exact) mass is 184 g/mol. The van der Waals surface area contributed by atoms with E-state index < -0.39 is 0 Å². The van der Waals surface area contributed by atoms with Crippen molar-refractivity contribution in [3.05, 3.63) is 0 Å². The molecule has 0 aromatic rings. The van der Waals surface area contributed by atoms with Crippen LogP contribution >= 0.6 is 0 Å². The molecular weight excluding hydrogens is 164 g/mol. The summed E-state index contributed by atoms with van der Waals surface area (Å²) in [6.07, 6.45) is 3.03. The van der Waals surface area contributed by atoms with Gasteiger partial charge in [-0.05, 0) is 19.8 Å². The van der Waals surface area contributed by atoms with Gasteiger partial charge in [-0.2, -0.15) is 0 Å². The largest absolute Gasteiger partial charge is 0.377 e. The second-order valence-electron chi connectivity index (χ2n) is 4.18. The smallest absolute Gasteiger partial charge is 0.0702 e. The Kier molecular flexibility index (Phi) is 3.19. The van der Waals surface area contributed by atoms with Crippen molar-refractivity contribution < 1.29 is 4.74 Å². The predicted molar refractivity (Wildman–Crippen MR) is 52.9 cm³/mol. The van der Waals surface area contributed by atoms with Gasteiger partial charge in [-0.15, -0.1) is 0 Å². The lowest BCUT2D eigenvalue weighted by atomic mass is 10.1. The van der Waals surface area contributed by atoms with E-state index in [9.17, 15) is 0 Å². The molecule has 2 atom stereocenters.